The second-order valence-corrected chi connectivity index (χ2v) is 9.00. The third kappa shape index (κ3) is 4.10. The number of ether oxygens (including phenoxy) is 1. The van der Waals surface area contributed by atoms with Gasteiger partial charge >= 0.3 is 0 Å². The minimum absolute atomic E-state index is 0.0511. The van der Waals surface area contributed by atoms with Crippen molar-refractivity contribution in [1.29, 1.82) is 0 Å². The summed E-state index contributed by atoms with van der Waals surface area (Å²) in [6, 6.07) is 14.1. The lowest BCUT2D eigenvalue weighted by Gasteiger charge is -2.13. The predicted octanol–water partition coefficient (Wildman–Crippen LogP) is 3.50. The highest BCUT2D eigenvalue weighted by Crippen LogP contribution is 2.34. The topological polar surface area (TPSA) is 75.6 Å². The summed E-state index contributed by atoms with van der Waals surface area (Å²) >= 11 is 3.08. The van der Waals surface area contributed by atoms with E-state index in [-0.39, 0.29) is 17.2 Å². The quantitative estimate of drug-likeness (QED) is 0.642. The smallest absolute Gasteiger partial charge is 0.244 e. The Morgan fingerprint density at radius 3 is 2.64 bits per heavy atom. The van der Waals surface area contributed by atoms with E-state index in [0.717, 1.165) is 9.75 Å². The molecule has 2 N–H and O–H groups in total. The molecule has 25 heavy (non-hydrogen) atoms. The number of aliphatic hydroxyl groups is 1. The molecule has 0 fully saturated rings. The first-order valence-electron chi connectivity index (χ1n) is 7.45. The zero-order chi connectivity index (χ0) is 17.9. The maximum absolute atomic E-state index is 12.4. The van der Waals surface area contributed by atoms with Crippen LogP contribution in [0.1, 0.15) is 11.0 Å². The minimum Gasteiger partial charge on any atom is -0.495 e. The van der Waals surface area contributed by atoms with Gasteiger partial charge in [-0.25, -0.2) is 13.1 Å². The fourth-order valence-corrected chi connectivity index (χ4v) is 5.33. The molecule has 132 valence electrons. The third-order valence-electron chi connectivity index (χ3n) is 3.54. The number of nitrogens with one attached hydrogen (secondary N) is 1. The zero-order valence-electron chi connectivity index (χ0n) is 13.4. The fraction of sp³-hybridized carbons (Fsp3) is 0.176. The van der Waals surface area contributed by atoms with Crippen molar-refractivity contribution in [2.24, 2.45) is 0 Å². The summed E-state index contributed by atoms with van der Waals surface area (Å²) in [6.45, 7) is -0.106. The van der Waals surface area contributed by atoms with Crippen molar-refractivity contribution >= 4 is 32.7 Å². The Bertz CT molecular complexity index is 932. The van der Waals surface area contributed by atoms with Crippen LogP contribution in [0.25, 0.3) is 9.75 Å². The summed E-state index contributed by atoms with van der Waals surface area (Å²) in [5.74, 6) is 0.264. The first-order valence-corrected chi connectivity index (χ1v) is 10.6. The lowest BCUT2D eigenvalue weighted by molar-refractivity contribution is 0.185. The maximum Gasteiger partial charge on any atom is 0.244 e. The SMILES string of the molecule is COc1ccccc1S(=O)(=O)NC[C@@H](O)c1ccc(-c2cccs2)s1. The molecule has 8 heteroatoms. The van der Waals surface area contributed by atoms with Gasteiger partial charge in [-0.1, -0.05) is 18.2 Å². The number of sulfonamides is 1. The van der Waals surface area contributed by atoms with Crippen molar-refractivity contribution < 1.29 is 18.3 Å². The number of para-hydroxylation sites is 1. The molecule has 3 aromatic rings. The number of thiophene rings is 2. The highest BCUT2D eigenvalue weighted by atomic mass is 32.2. The molecule has 2 aromatic heterocycles. The normalized spacial score (nSPS) is 12.9. The number of methoxy groups -OCH3 is 1. The third-order valence-corrected chi connectivity index (χ3v) is 7.26. The van der Waals surface area contributed by atoms with Crippen LogP contribution < -0.4 is 9.46 Å². The number of rotatable bonds is 7. The van der Waals surface area contributed by atoms with Crippen LogP contribution in [-0.4, -0.2) is 27.2 Å². The molecule has 0 aliphatic heterocycles. The van der Waals surface area contributed by atoms with Crippen LogP contribution in [0.5, 0.6) is 5.75 Å². The number of hydrogen-bond acceptors (Lipinski definition) is 6. The first kappa shape index (κ1) is 18.1. The van der Waals surface area contributed by atoms with Crippen molar-refractivity contribution in [2.75, 3.05) is 13.7 Å². The number of benzene rings is 1. The minimum atomic E-state index is -3.77. The summed E-state index contributed by atoms with van der Waals surface area (Å²) in [7, 11) is -2.35. The molecular formula is C17H17NO4S3. The van der Waals surface area contributed by atoms with Crippen LogP contribution in [-0.2, 0) is 10.0 Å². The van der Waals surface area contributed by atoms with Gasteiger partial charge in [0.2, 0.25) is 10.0 Å². The Hall–Kier alpha value is -1.71. The molecule has 2 heterocycles. The van der Waals surface area contributed by atoms with Gasteiger partial charge in [-0.15, -0.1) is 22.7 Å². The van der Waals surface area contributed by atoms with Crippen LogP contribution in [0.15, 0.2) is 58.8 Å². The van der Waals surface area contributed by atoms with Gasteiger partial charge in [0.1, 0.15) is 16.7 Å². The van der Waals surface area contributed by atoms with Gasteiger partial charge in [-0.3, -0.25) is 0 Å². The molecule has 0 saturated heterocycles. The molecule has 5 nitrogen and oxygen atoms in total. The van der Waals surface area contributed by atoms with Crippen molar-refractivity contribution in [1.82, 2.24) is 4.72 Å². The van der Waals surface area contributed by atoms with Crippen LogP contribution in [0.4, 0.5) is 0 Å². The van der Waals surface area contributed by atoms with Gasteiger partial charge in [0.25, 0.3) is 0 Å². The summed E-state index contributed by atoms with van der Waals surface area (Å²) < 4.78 is 32.4. The molecule has 1 atom stereocenters. The monoisotopic (exact) mass is 395 g/mol. The highest BCUT2D eigenvalue weighted by Gasteiger charge is 2.21. The molecule has 1 aromatic carbocycles. The predicted molar refractivity (Wildman–Crippen MR) is 101 cm³/mol. The average molecular weight is 396 g/mol. The maximum atomic E-state index is 12.4. The van der Waals surface area contributed by atoms with Gasteiger partial charge in [-0.2, -0.15) is 0 Å². The van der Waals surface area contributed by atoms with Gasteiger partial charge in [0, 0.05) is 21.2 Å². The molecule has 0 radical (unpaired) electrons. The summed E-state index contributed by atoms with van der Waals surface area (Å²) in [5.41, 5.74) is 0. The van der Waals surface area contributed by atoms with E-state index < -0.39 is 16.1 Å². The standard InChI is InChI=1S/C17H17NO4S3/c1-22-13-5-2-3-7-17(13)25(20,21)18-11-12(19)14-8-9-16(24-14)15-6-4-10-23-15/h2-10,12,18-19H,11H2,1H3/t12-/m1/s1. The molecule has 0 aliphatic carbocycles. The fourth-order valence-electron chi connectivity index (χ4n) is 2.29. The zero-order valence-corrected chi connectivity index (χ0v) is 15.8. The second kappa shape index (κ2) is 7.67. The Kier molecular flexibility index (Phi) is 5.55. The van der Waals surface area contributed by atoms with E-state index in [2.05, 4.69) is 4.72 Å². The Balaban J connectivity index is 1.70. The van der Waals surface area contributed by atoms with Crippen LogP contribution in [0.2, 0.25) is 0 Å². The molecule has 0 bridgehead atoms. The van der Waals surface area contributed by atoms with Crippen molar-refractivity contribution in [2.45, 2.75) is 11.0 Å². The Morgan fingerprint density at radius 1 is 1.12 bits per heavy atom. The van der Waals surface area contributed by atoms with E-state index in [4.69, 9.17) is 4.74 Å². The first-order chi connectivity index (χ1) is 12.0. The number of hydrogen-bond donors (Lipinski definition) is 2. The average Bonchev–Trinajstić information content (AvgIpc) is 3.30. The van der Waals surface area contributed by atoms with Crippen LogP contribution in [0, 0.1) is 0 Å². The van der Waals surface area contributed by atoms with Gasteiger partial charge in [-0.05, 0) is 35.7 Å². The summed E-state index contributed by atoms with van der Waals surface area (Å²) in [6.07, 6.45) is -0.914. The van der Waals surface area contributed by atoms with Crippen molar-refractivity contribution in [3.8, 4) is 15.5 Å². The largest absolute Gasteiger partial charge is 0.495 e. The van der Waals surface area contributed by atoms with E-state index in [1.807, 2.05) is 29.6 Å². The second-order valence-electron chi connectivity index (χ2n) is 5.20. The summed E-state index contributed by atoms with van der Waals surface area (Å²) in [5, 5.41) is 12.3. The van der Waals surface area contributed by atoms with Gasteiger partial charge < -0.3 is 9.84 Å². The molecule has 0 aliphatic rings. The molecule has 0 unspecified atom stereocenters. The van der Waals surface area contributed by atoms with E-state index in [1.165, 1.54) is 24.5 Å². The molecular weight excluding hydrogens is 378 g/mol. The molecule has 3 rings (SSSR count). The van der Waals surface area contributed by atoms with Crippen LogP contribution >= 0.6 is 22.7 Å². The van der Waals surface area contributed by atoms with E-state index in [0.29, 0.717) is 4.88 Å². The highest BCUT2D eigenvalue weighted by molar-refractivity contribution is 7.89. The van der Waals surface area contributed by atoms with Gasteiger partial charge in [0.15, 0.2) is 0 Å². The van der Waals surface area contributed by atoms with Crippen molar-refractivity contribution in [3.63, 3.8) is 0 Å². The van der Waals surface area contributed by atoms with Crippen molar-refractivity contribution in [3.05, 3.63) is 58.8 Å². The molecule has 0 saturated carbocycles. The van der Waals surface area contributed by atoms with E-state index in [9.17, 15) is 13.5 Å². The van der Waals surface area contributed by atoms with Gasteiger partial charge in [0.05, 0.1) is 7.11 Å². The van der Waals surface area contributed by atoms with E-state index >= 15 is 0 Å². The Morgan fingerprint density at radius 2 is 1.92 bits per heavy atom. The lowest BCUT2D eigenvalue weighted by Crippen LogP contribution is -2.28. The summed E-state index contributed by atoms with van der Waals surface area (Å²) in [4.78, 5) is 2.94. The number of aliphatic hydroxyl groups excluding tert-OH is 1. The molecule has 0 amide bonds. The Labute approximate surface area is 154 Å². The molecule has 0 spiro atoms. The van der Waals surface area contributed by atoms with Crippen LogP contribution in [0.3, 0.4) is 0 Å². The van der Waals surface area contributed by atoms with E-state index in [1.54, 1.807) is 29.5 Å². The lowest BCUT2D eigenvalue weighted by atomic mass is 10.3.